The molecule has 2 saturated heterocycles. The second-order valence-electron chi connectivity index (χ2n) is 8.10. The van der Waals surface area contributed by atoms with Crippen LogP contribution in [0.5, 0.6) is 0 Å². The Kier molecular flexibility index (Phi) is 6.89. The molecule has 7 nitrogen and oxygen atoms in total. The predicted octanol–water partition coefficient (Wildman–Crippen LogP) is 4.49. The second kappa shape index (κ2) is 10.2. The van der Waals surface area contributed by atoms with Crippen molar-refractivity contribution in [2.24, 2.45) is 0 Å². The van der Waals surface area contributed by atoms with E-state index in [1.807, 2.05) is 30.8 Å². The summed E-state index contributed by atoms with van der Waals surface area (Å²) in [7, 11) is 0. The smallest absolute Gasteiger partial charge is 0.319 e. The fraction of sp³-hybridized carbons (Fsp3) is 0.417. The first-order valence-corrected chi connectivity index (χ1v) is 13.4. The lowest BCUT2D eigenvalue weighted by Gasteiger charge is -2.29. The molecule has 2 fully saturated rings. The van der Waals surface area contributed by atoms with Crippen LogP contribution < -0.4 is 20.4 Å². The standard InChI is InChI=1S/C24H29N5O2S2/c1-2-25-23(30)26-19-5-3-17(4-6-19)18-15-20(28-9-13-32-14-10-28)22-21(16-18)33-24(27-22)29-7-11-31-12-8-29/h3-6,15-16H,2,7-14H2,1H3,(H2,25,26,30). The van der Waals surface area contributed by atoms with Gasteiger partial charge in [0.25, 0.3) is 0 Å². The van der Waals surface area contributed by atoms with E-state index in [1.54, 1.807) is 11.3 Å². The van der Waals surface area contributed by atoms with Crippen LogP contribution in [-0.4, -0.2) is 68.5 Å². The van der Waals surface area contributed by atoms with Gasteiger partial charge < -0.3 is 25.2 Å². The molecule has 2 aliphatic rings. The number of anilines is 3. The van der Waals surface area contributed by atoms with Crippen molar-refractivity contribution in [2.45, 2.75) is 6.92 Å². The molecule has 0 bridgehead atoms. The number of aromatic nitrogens is 1. The number of ether oxygens (including phenoxy) is 1. The van der Waals surface area contributed by atoms with Crippen molar-refractivity contribution in [1.82, 2.24) is 10.3 Å². The summed E-state index contributed by atoms with van der Waals surface area (Å²) in [4.78, 5) is 21.7. The van der Waals surface area contributed by atoms with Crippen LogP contribution in [0.1, 0.15) is 6.92 Å². The lowest BCUT2D eigenvalue weighted by molar-refractivity contribution is 0.122. The molecule has 1 aromatic heterocycles. The second-order valence-corrected chi connectivity index (χ2v) is 10.3. The van der Waals surface area contributed by atoms with Gasteiger partial charge in [-0.05, 0) is 42.3 Å². The van der Waals surface area contributed by atoms with E-state index in [-0.39, 0.29) is 6.03 Å². The number of nitrogens with zero attached hydrogens (tertiary/aromatic N) is 3. The zero-order valence-electron chi connectivity index (χ0n) is 18.8. The van der Waals surface area contributed by atoms with Crippen LogP contribution in [0.15, 0.2) is 36.4 Å². The van der Waals surface area contributed by atoms with Crippen molar-refractivity contribution in [1.29, 1.82) is 0 Å². The summed E-state index contributed by atoms with van der Waals surface area (Å²) in [5, 5.41) is 6.71. The number of carbonyl (C=O) groups is 1. The first-order valence-electron chi connectivity index (χ1n) is 11.5. The summed E-state index contributed by atoms with van der Waals surface area (Å²) in [6.07, 6.45) is 0. The summed E-state index contributed by atoms with van der Waals surface area (Å²) in [5.41, 5.74) is 5.42. The summed E-state index contributed by atoms with van der Waals surface area (Å²) < 4.78 is 6.75. The average Bonchev–Trinajstić information content (AvgIpc) is 3.29. The molecule has 2 amide bonds. The van der Waals surface area contributed by atoms with Crippen molar-refractivity contribution in [2.75, 3.05) is 72.6 Å². The number of hydrogen-bond donors (Lipinski definition) is 2. The molecule has 3 heterocycles. The van der Waals surface area contributed by atoms with E-state index in [9.17, 15) is 4.79 Å². The van der Waals surface area contributed by atoms with E-state index in [4.69, 9.17) is 9.72 Å². The molecule has 33 heavy (non-hydrogen) atoms. The third-order valence-electron chi connectivity index (χ3n) is 5.91. The molecule has 0 spiro atoms. The number of rotatable bonds is 5. The van der Waals surface area contributed by atoms with Crippen molar-refractivity contribution in [3.05, 3.63) is 36.4 Å². The van der Waals surface area contributed by atoms with E-state index in [0.29, 0.717) is 6.54 Å². The maximum Gasteiger partial charge on any atom is 0.319 e. The number of amides is 2. The van der Waals surface area contributed by atoms with Gasteiger partial charge in [-0.3, -0.25) is 0 Å². The molecular weight excluding hydrogens is 454 g/mol. The van der Waals surface area contributed by atoms with E-state index in [0.717, 1.165) is 72.8 Å². The molecule has 0 unspecified atom stereocenters. The molecule has 0 atom stereocenters. The highest BCUT2D eigenvalue weighted by Gasteiger charge is 2.21. The number of thioether (sulfide) groups is 1. The van der Waals surface area contributed by atoms with Crippen molar-refractivity contribution in [3.63, 3.8) is 0 Å². The normalized spacial score (nSPS) is 16.8. The van der Waals surface area contributed by atoms with Crippen LogP contribution >= 0.6 is 23.1 Å². The summed E-state index contributed by atoms with van der Waals surface area (Å²) in [5.74, 6) is 2.29. The number of urea groups is 1. The SMILES string of the molecule is CCNC(=O)Nc1ccc(-c2cc(N3CCSCC3)c3nc(N4CCOCC4)sc3c2)cc1. The van der Waals surface area contributed by atoms with E-state index in [2.05, 4.69) is 44.7 Å². The summed E-state index contributed by atoms with van der Waals surface area (Å²) in [6, 6.07) is 12.4. The Balaban J connectivity index is 1.49. The van der Waals surface area contributed by atoms with Crippen LogP contribution in [0.2, 0.25) is 0 Å². The zero-order chi connectivity index (χ0) is 22.6. The minimum Gasteiger partial charge on any atom is -0.378 e. The third kappa shape index (κ3) is 5.05. The Bertz CT molecular complexity index is 1110. The zero-order valence-corrected chi connectivity index (χ0v) is 20.4. The monoisotopic (exact) mass is 483 g/mol. The molecule has 3 aromatic rings. The quantitative estimate of drug-likeness (QED) is 0.557. The van der Waals surface area contributed by atoms with Gasteiger partial charge in [0.05, 0.1) is 23.6 Å². The molecule has 0 aliphatic carbocycles. The molecule has 2 aromatic carbocycles. The molecule has 0 saturated carbocycles. The number of morpholine rings is 1. The van der Waals surface area contributed by atoms with Crippen molar-refractivity contribution >= 4 is 55.9 Å². The number of nitrogens with one attached hydrogen (secondary N) is 2. The van der Waals surface area contributed by atoms with Gasteiger partial charge in [0.2, 0.25) is 0 Å². The van der Waals surface area contributed by atoms with Gasteiger partial charge in [0.1, 0.15) is 5.52 Å². The number of benzene rings is 2. The molecule has 5 rings (SSSR count). The topological polar surface area (TPSA) is 69.7 Å². The highest BCUT2D eigenvalue weighted by Crippen LogP contribution is 2.39. The number of fused-ring (bicyclic) bond motifs is 1. The van der Waals surface area contributed by atoms with Crippen LogP contribution in [0.25, 0.3) is 21.3 Å². The molecular formula is C24H29N5O2S2. The molecule has 174 valence electrons. The van der Waals surface area contributed by atoms with Gasteiger partial charge in [-0.25, -0.2) is 9.78 Å². The van der Waals surface area contributed by atoms with Gasteiger partial charge in [-0.1, -0.05) is 23.5 Å². The van der Waals surface area contributed by atoms with Crippen LogP contribution in [0, 0.1) is 0 Å². The van der Waals surface area contributed by atoms with Crippen LogP contribution in [0.4, 0.5) is 21.3 Å². The Morgan fingerprint density at radius 2 is 1.79 bits per heavy atom. The summed E-state index contributed by atoms with van der Waals surface area (Å²) in [6.45, 7) is 7.89. The van der Waals surface area contributed by atoms with Gasteiger partial charge in [-0.15, -0.1) is 0 Å². The minimum absolute atomic E-state index is 0.183. The Hall–Kier alpha value is -2.49. The fourth-order valence-electron chi connectivity index (χ4n) is 4.18. The first kappa shape index (κ1) is 22.3. The summed E-state index contributed by atoms with van der Waals surface area (Å²) >= 11 is 3.79. The number of hydrogen-bond acceptors (Lipinski definition) is 7. The van der Waals surface area contributed by atoms with Crippen molar-refractivity contribution < 1.29 is 9.53 Å². The Morgan fingerprint density at radius 3 is 2.52 bits per heavy atom. The van der Waals surface area contributed by atoms with E-state index < -0.39 is 0 Å². The van der Waals surface area contributed by atoms with E-state index >= 15 is 0 Å². The van der Waals surface area contributed by atoms with Gasteiger partial charge in [0.15, 0.2) is 5.13 Å². The highest BCUT2D eigenvalue weighted by atomic mass is 32.2. The minimum atomic E-state index is -0.183. The lowest BCUT2D eigenvalue weighted by Crippen LogP contribution is -2.36. The van der Waals surface area contributed by atoms with Gasteiger partial charge >= 0.3 is 6.03 Å². The van der Waals surface area contributed by atoms with Gasteiger partial charge in [0, 0.05) is 49.9 Å². The Labute approximate surface area is 202 Å². The van der Waals surface area contributed by atoms with Gasteiger partial charge in [-0.2, -0.15) is 11.8 Å². The Morgan fingerprint density at radius 1 is 1.03 bits per heavy atom. The van der Waals surface area contributed by atoms with Crippen molar-refractivity contribution in [3.8, 4) is 11.1 Å². The first-order chi connectivity index (χ1) is 16.2. The van der Waals surface area contributed by atoms with Crippen LogP contribution in [-0.2, 0) is 4.74 Å². The average molecular weight is 484 g/mol. The number of thiazole rings is 1. The van der Waals surface area contributed by atoms with E-state index in [1.165, 1.54) is 16.0 Å². The maximum absolute atomic E-state index is 11.8. The maximum atomic E-state index is 11.8. The number of carbonyl (C=O) groups excluding carboxylic acids is 1. The molecule has 0 radical (unpaired) electrons. The highest BCUT2D eigenvalue weighted by molar-refractivity contribution is 7.99. The van der Waals surface area contributed by atoms with Crippen LogP contribution in [0.3, 0.4) is 0 Å². The fourth-order valence-corrected chi connectivity index (χ4v) is 6.17. The predicted molar refractivity (Wildman–Crippen MR) is 140 cm³/mol. The molecule has 2 N–H and O–H groups in total. The molecule has 2 aliphatic heterocycles. The third-order valence-corrected chi connectivity index (χ3v) is 7.92. The molecule has 9 heteroatoms. The largest absolute Gasteiger partial charge is 0.378 e. The lowest BCUT2D eigenvalue weighted by atomic mass is 10.0.